The summed E-state index contributed by atoms with van der Waals surface area (Å²) in [6.45, 7) is -0.277. The lowest BCUT2D eigenvalue weighted by molar-refractivity contribution is -0.144. The first-order valence-corrected chi connectivity index (χ1v) is 8.32. The van der Waals surface area contributed by atoms with Crippen molar-refractivity contribution in [3.05, 3.63) is 36.0 Å². The van der Waals surface area contributed by atoms with E-state index in [9.17, 15) is 18.8 Å². The molecule has 1 aromatic carbocycles. The van der Waals surface area contributed by atoms with Gasteiger partial charge in [-0.1, -0.05) is 18.0 Å². The number of carbonyl (C=O) groups excluding carboxylic acids is 3. The Bertz CT molecular complexity index is 873. The first-order chi connectivity index (χ1) is 12.5. The molecule has 1 aliphatic carbocycles. The number of amides is 4. The SMILES string of the molecule is O=C1C(=O)N(C2CCCC2)C(=O)N1Cc1nc(-c2ccc(F)cc2)no1. The number of urea groups is 1. The third kappa shape index (κ3) is 2.75. The van der Waals surface area contributed by atoms with Crippen LogP contribution in [0.25, 0.3) is 11.4 Å². The lowest BCUT2D eigenvalue weighted by Crippen LogP contribution is -2.39. The van der Waals surface area contributed by atoms with Gasteiger partial charge >= 0.3 is 17.8 Å². The quantitative estimate of drug-likeness (QED) is 0.613. The van der Waals surface area contributed by atoms with Crippen molar-refractivity contribution < 1.29 is 23.3 Å². The van der Waals surface area contributed by atoms with Crippen molar-refractivity contribution in [3.8, 4) is 11.4 Å². The molecule has 2 heterocycles. The van der Waals surface area contributed by atoms with Crippen LogP contribution in [0.3, 0.4) is 0 Å². The average Bonchev–Trinajstić information content (AvgIpc) is 3.35. The monoisotopic (exact) mass is 358 g/mol. The first-order valence-electron chi connectivity index (χ1n) is 8.32. The van der Waals surface area contributed by atoms with Crippen molar-refractivity contribution in [2.45, 2.75) is 38.3 Å². The van der Waals surface area contributed by atoms with Crippen molar-refractivity contribution in [2.75, 3.05) is 0 Å². The van der Waals surface area contributed by atoms with Gasteiger partial charge in [0.1, 0.15) is 12.4 Å². The van der Waals surface area contributed by atoms with Gasteiger partial charge in [0.15, 0.2) is 0 Å². The molecule has 4 rings (SSSR count). The minimum Gasteiger partial charge on any atom is -0.337 e. The van der Waals surface area contributed by atoms with Gasteiger partial charge in [0.2, 0.25) is 11.7 Å². The zero-order valence-corrected chi connectivity index (χ0v) is 13.7. The number of carbonyl (C=O) groups is 3. The van der Waals surface area contributed by atoms with E-state index in [1.165, 1.54) is 24.3 Å². The van der Waals surface area contributed by atoms with E-state index in [-0.39, 0.29) is 24.3 Å². The zero-order valence-electron chi connectivity index (χ0n) is 13.7. The van der Waals surface area contributed by atoms with Crippen LogP contribution < -0.4 is 0 Å². The maximum absolute atomic E-state index is 13.0. The van der Waals surface area contributed by atoms with E-state index in [0.717, 1.165) is 22.6 Å². The fourth-order valence-electron chi connectivity index (χ4n) is 3.32. The molecule has 0 N–H and O–H groups in total. The van der Waals surface area contributed by atoms with Crippen LogP contribution in [0.2, 0.25) is 0 Å². The Morgan fingerprint density at radius 2 is 1.77 bits per heavy atom. The molecule has 9 heteroatoms. The summed E-state index contributed by atoms with van der Waals surface area (Å²) in [6, 6.07) is 4.63. The highest BCUT2D eigenvalue weighted by atomic mass is 19.1. The van der Waals surface area contributed by atoms with Gasteiger partial charge in [-0.15, -0.1) is 0 Å². The zero-order chi connectivity index (χ0) is 18.3. The molecule has 1 aromatic heterocycles. The normalized spacial score (nSPS) is 18.4. The van der Waals surface area contributed by atoms with Gasteiger partial charge in [-0.2, -0.15) is 4.98 Å². The third-order valence-electron chi connectivity index (χ3n) is 4.64. The minimum absolute atomic E-state index is 0.0205. The number of hydrogen-bond acceptors (Lipinski definition) is 6. The molecule has 4 amide bonds. The van der Waals surface area contributed by atoms with E-state index in [2.05, 4.69) is 10.1 Å². The molecule has 8 nitrogen and oxygen atoms in total. The van der Waals surface area contributed by atoms with Crippen LogP contribution in [0.5, 0.6) is 0 Å². The largest absolute Gasteiger partial charge is 0.337 e. The van der Waals surface area contributed by atoms with E-state index in [1.54, 1.807) is 0 Å². The number of hydrogen-bond donors (Lipinski definition) is 0. The summed E-state index contributed by atoms with van der Waals surface area (Å²) in [5.41, 5.74) is 0.532. The molecular formula is C17H15FN4O4. The van der Waals surface area contributed by atoms with E-state index in [0.29, 0.717) is 18.4 Å². The Morgan fingerprint density at radius 1 is 1.08 bits per heavy atom. The summed E-state index contributed by atoms with van der Waals surface area (Å²) in [7, 11) is 0. The Hall–Kier alpha value is -3.10. The highest BCUT2D eigenvalue weighted by molar-refractivity contribution is 6.44. The summed E-state index contributed by atoms with van der Waals surface area (Å²) in [6.07, 6.45) is 3.29. The predicted molar refractivity (Wildman–Crippen MR) is 84.7 cm³/mol. The van der Waals surface area contributed by atoms with Crippen LogP contribution >= 0.6 is 0 Å². The molecule has 0 radical (unpaired) electrons. The van der Waals surface area contributed by atoms with E-state index >= 15 is 0 Å². The Labute approximate surface area is 147 Å². The number of halogens is 1. The first kappa shape index (κ1) is 16.4. The van der Waals surface area contributed by atoms with Gasteiger partial charge in [-0.3, -0.25) is 14.5 Å². The molecule has 1 saturated carbocycles. The molecule has 0 atom stereocenters. The summed E-state index contributed by atoms with van der Waals surface area (Å²) in [5.74, 6) is -1.86. The molecular weight excluding hydrogens is 343 g/mol. The number of rotatable bonds is 4. The number of nitrogens with zero attached hydrogens (tertiary/aromatic N) is 4. The molecule has 2 fully saturated rings. The minimum atomic E-state index is -0.886. The van der Waals surface area contributed by atoms with Crippen LogP contribution in [-0.4, -0.2) is 43.8 Å². The van der Waals surface area contributed by atoms with E-state index in [1.807, 2.05) is 0 Å². The van der Waals surface area contributed by atoms with Crippen molar-refractivity contribution in [1.29, 1.82) is 0 Å². The topological polar surface area (TPSA) is 96.6 Å². The number of imide groups is 2. The number of benzene rings is 1. The highest BCUT2D eigenvalue weighted by Crippen LogP contribution is 2.28. The van der Waals surface area contributed by atoms with Gasteiger partial charge in [0, 0.05) is 11.6 Å². The molecule has 1 aliphatic heterocycles. The lowest BCUT2D eigenvalue weighted by atomic mass is 10.2. The lowest BCUT2D eigenvalue weighted by Gasteiger charge is -2.20. The van der Waals surface area contributed by atoms with Crippen molar-refractivity contribution in [3.63, 3.8) is 0 Å². The Balaban J connectivity index is 1.52. The van der Waals surface area contributed by atoms with Gasteiger partial charge in [-0.05, 0) is 37.1 Å². The standard InChI is InChI=1S/C17H15FN4O4/c18-11-7-5-10(6-8-11)14-19-13(26-20-14)9-21-15(23)16(24)22(17(21)25)12-3-1-2-4-12/h5-8,12H,1-4,9H2. The van der Waals surface area contributed by atoms with Crippen LogP contribution in [-0.2, 0) is 16.1 Å². The third-order valence-corrected chi connectivity index (χ3v) is 4.64. The van der Waals surface area contributed by atoms with Gasteiger partial charge < -0.3 is 4.52 Å². The Kier molecular flexibility index (Phi) is 3.98. The Morgan fingerprint density at radius 3 is 2.46 bits per heavy atom. The van der Waals surface area contributed by atoms with Crippen LogP contribution in [0.4, 0.5) is 9.18 Å². The van der Waals surface area contributed by atoms with E-state index < -0.39 is 23.7 Å². The van der Waals surface area contributed by atoms with Crippen molar-refractivity contribution >= 4 is 17.8 Å². The second-order valence-electron chi connectivity index (χ2n) is 6.31. The molecule has 0 bridgehead atoms. The van der Waals surface area contributed by atoms with Gasteiger partial charge in [0.25, 0.3) is 0 Å². The van der Waals surface area contributed by atoms with Crippen LogP contribution in [0.15, 0.2) is 28.8 Å². The summed E-state index contributed by atoms with van der Waals surface area (Å²) in [4.78, 5) is 42.9. The van der Waals surface area contributed by atoms with E-state index in [4.69, 9.17) is 4.52 Å². The van der Waals surface area contributed by atoms with Crippen molar-refractivity contribution in [2.24, 2.45) is 0 Å². The maximum Gasteiger partial charge on any atom is 0.334 e. The molecule has 26 heavy (non-hydrogen) atoms. The second-order valence-corrected chi connectivity index (χ2v) is 6.31. The second kappa shape index (κ2) is 6.32. The summed E-state index contributed by atoms with van der Waals surface area (Å²) >= 11 is 0. The maximum atomic E-state index is 13.0. The molecule has 0 unspecified atom stereocenters. The van der Waals surface area contributed by atoms with Gasteiger partial charge in [-0.25, -0.2) is 14.1 Å². The molecule has 0 spiro atoms. The predicted octanol–water partition coefficient (Wildman–Crippen LogP) is 2.11. The van der Waals surface area contributed by atoms with Crippen LogP contribution in [0.1, 0.15) is 31.6 Å². The molecule has 1 saturated heterocycles. The van der Waals surface area contributed by atoms with Gasteiger partial charge in [0.05, 0.1) is 0 Å². The molecule has 2 aliphatic rings. The number of aromatic nitrogens is 2. The molecule has 134 valence electrons. The van der Waals surface area contributed by atoms with Crippen molar-refractivity contribution in [1.82, 2.24) is 19.9 Å². The average molecular weight is 358 g/mol. The summed E-state index contributed by atoms with van der Waals surface area (Å²) in [5, 5.41) is 3.77. The highest BCUT2D eigenvalue weighted by Gasteiger charge is 2.48. The fraction of sp³-hybridized carbons (Fsp3) is 0.353. The summed E-state index contributed by atoms with van der Waals surface area (Å²) < 4.78 is 18.1. The smallest absolute Gasteiger partial charge is 0.334 e. The molecule has 2 aromatic rings. The van der Waals surface area contributed by atoms with Crippen LogP contribution in [0, 0.1) is 5.82 Å². The fourth-order valence-corrected chi connectivity index (χ4v) is 3.32.